The number of aromatic nitrogens is 2. The van der Waals surface area contributed by atoms with Crippen molar-refractivity contribution in [2.24, 2.45) is 0 Å². The molecule has 1 aliphatic heterocycles. The molecule has 3 aromatic rings. The molecule has 1 aliphatic rings. The highest BCUT2D eigenvalue weighted by atomic mass is 16.1. The van der Waals surface area contributed by atoms with E-state index in [1.54, 1.807) is 0 Å². The molecular weight excluding hydrogens is 336 g/mol. The van der Waals surface area contributed by atoms with Crippen LogP contribution in [0, 0.1) is 13.8 Å². The third kappa shape index (κ3) is 3.42. The molecule has 1 unspecified atom stereocenters. The van der Waals surface area contributed by atoms with Gasteiger partial charge in [-0.2, -0.15) is 0 Å². The van der Waals surface area contributed by atoms with Gasteiger partial charge in [0.05, 0.1) is 11.6 Å². The third-order valence-electron chi connectivity index (χ3n) is 5.37. The molecule has 1 amide bonds. The molecule has 0 bridgehead atoms. The number of carbonyl (C=O) groups is 1. The van der Waals surface area contributed by atoms with E-state index in [1.807, 2.05) is 43.5 Å². The Kier molecular flexibility index (Phi) is 4.60. The Morgan fingerprint density at radius 3 is 2.70 bits per heavy atom. The number of carbonyl (C=O) groups excluding carboxylic acids is 1. The van der Waals surface area contributed by atoms with Crippen molar-refractivity contribution >= 4 is 17.2 Å². The average molecular weight is 362 g/mol. The summed E-state index contributed by atoms with van der Waals surface area (Å²) in [6.07, 6.45) is 4.42. The number of anilines is 1. The van der Waals surface area contributed by atoms with Gasteiger partial charge in [0.2, 0.25) is 0 Å². The highest BCUT2D eigenvalue weighted by Gasteiger charge is 2.18. The number of aryl methyl sites for hydroxylation is 2. The van der Waals surface area contributed by atoms with E-state index in [-0.39, 0.29) is 11.9 Å². The van der Waals surface area contributed by atoms with Crippen molar-refractivity contribution in [3.05, 3.63) is 65.1 Å². The van der Waals surface area contributed by atoms with E-state index in [1.165, 1.54) is 18.5 Å². The van der Waals surface area contributed by atoms with Crippen LogP contribution in [0.4, 0.5) is 5.69 Å². The van der Waals surface area contributed by atoms with Crippen LogP contribution in [0.5, 0.6) is 0 Å². The molecule has 5 heteroatoms. The fraction of sp³-hybridized carbons (Fsp3) is 0.364. The Labute approximate surface area is 160 Å². The lowest BCUT2D eigenvalue weighted by Crippen LogP contribution is -2.27. The standard InChI is InChI=1S/C22H26N4O/c1-15-13-16(2)26-12-9-20(21(26)23-15)22(27)24-17(3)18-7-6-8-19(14-18)25-10-4-5-11-25/h6-9,12-14,17H,4-5,10-11H2,1-3H3,(H,24,27). The van der Waals surface area contributed by atoms with Crippen LogP contribution in [-0.4, -0.2) is 28.4 Å². The first-order valence-corrected chi connectivity index (χ1v) is 9.64. The van der Waals surface area contributed by atoms with E-state index in [0.29, 0.717) is 11.2 Å². The number of nitrogens with one attached hydrogen (secondary N) is 1. The van der Waals surface area contributed by atoms with E-state index >= 15 is 0 Å². The summed E-state index contributed by atoms with van der Waals surface area (Å²) < 4.78 is 1.96. The van der Waals surface area contributed by atoms with Crippen LogP contribution in [-0.2, 0) is 0 Å². The molecule has 140 valence electrons. The van der Waals surface area contributed by atoms with Crippen molar-refractivity contribution in [2.45, 2.75) is 39.7 Å². The summed E-state index contributed by atoms with van der Waals surface area (Å²) in [4.78, 5) is 19.9. The minimum absolute atomic E-state index is 0.0686. The molecule has 1 atom stereocenters. The molecular formula is C22H26N4O. The van der Waals surface area contributed by atoms with Gasteiger partial charge < -0.3 is 14.6 Å². The molecule has 1 fully saturated rings. The van der Waals surface area contributed by atoms with Crippen molar-refractivity contribution in [3.63, 3.8) is 0 Å². The van der Waals surface area contributed by atoms with E-state index in [0.717, 1.165) is 30.0 Å². The monoisotopic (exact) mass is 362 g/mol. The number of hydrogen-bond donors (Lipinski definition) is 1. The number of hydrogen-bond acceptors (Lipinski definition) is 3. The molecule has 27 heavy (non-hydrogen) atoms. The first kappa shape index (κ1) is 17.6. The van der Waals surface area contributed by atoms with Gasteiger partial charge in [0.25, 0.3) is 5.91 Å². The fourth-order valence-corrected chi connectivity index (χ4v) is 3.89. The lowest BCUT2D eigenvalue weighted by Gasteiger charge is -2.20. The van der Waals surface area contributed by atoms with Gasteiger partial charge >= 0.3 is 0 Å². The zero-order valence-corrected chi connectivity index (χ0v) is 16.2. The minimum Gasteiger partial charge on any atom is -0.372 e. The topological polar surface area (TPSA) is 49.6 Å². The predicted molar refractivity (Wildman–Crippen MR) is 108 cm³/mol. The second-order valence-electron chi connectivity index (χ2n) is 7.45. The second kappa shape index (κ2) is 7.06. The molecule has 3 heterocycles. The van der Waals surface area contributed by atoms with Crippen molar-refractivity contribution in [1.82, 2.24) is 14.7 Å². The quantitative estimate of drug-likeness (QED) is 0.762. The molecule has 0 aliphatic carbocycles. The lowest BCUT2D eigenvalue weighted by molar-refractivity contribution is 0.0941. The zero-order chi connectivity index (χ0) is 19.0. The third-order valence-corrected chi connectivity index (χ3v) is 5.37. The van der Waals surface area contributed by atoms with Crippen LogP contribution in [0.3, 0.4) is 0 Å². The lowest BCUT2D eigenvalue weighted by atomic mass is 10.1. The van der Waals surface area contributed by atoms with Crippen molar-refractivity contribution in [1.29, 1.82) is 0 Å². The van der Waals surface area contributed by atoms with Crippen LogP contribution >= 0.6 is 0 Å². The summed E-state index contributed by atoms with van der Waals surface area (Å²) in [5.74, 6) is -0.0888. The van der Waals surface area contributed by atoms with Gasteiger partial charge in [-0.15, -0.1) is 0 Å². The van der Waals surface area contributed by atoms with Gasteiger partial charge in [-0.1, -0.05) is 12.1 Å². The summed E-state index contributed by atoms with van der Waals surface area (Å²) in [6.45, 7) is 8.24. The molecule has 1 N–H and O–H groups in total. The summed E-state index contributed by atoms with van der Waals surface area (Å²) in [7, 11) is 0. The van der Waals surface area contributed by atoms with Gasteiger partial charge in [-0.3, -0.25) is 4.79 Å². The Morgan fingerprint density at radius 1 is 1.15 bits per heavy atom. The number of amides is 1. The van der Waals surface area contributed by atoms with Gasteiger partial charge in [-0.25, -0.2) is 4.98 Å². The average Bonchev–Trinajstić information content (AvgIpc) is 3.31. The predicted octanol–water partition coefficient (Wildman–Crippen LogP) is 4.04. The van der Waals surface area contributed by atoms with Crippen molar-refractivity contribution in [3.8, 4) is 0 Å². The van der Waals surface area contributed by atoms with E-state index in [9.17, 15) is 4.79 Å². The molecule has 5 nitrogen and oxygen atoms in total. The first-order chi connectivity index (χ1) is 13.0. The Hall–Kier alpha value is -2.82. The second-order valence-corrected chi connectivity index (χ2v) is 7.45. The number of nitrogens with zero attached hydrogens (tertiary/aromatic N) is 3. The smallest absolute Gasteiger partial charge is 0.255 e. The van der Waals surface area contributed by atoms with Crippen LogP contribution in [0.1, 0.15) is 53.1 Å². The highest BCUT2D eigenvalue weighted by molar-refractivity contribution is 6.00. The Bertz CT molecular complexity index is 985. The van der Waals surface area contributed by atoms with Gasteiger partial charge in [0.15, 0.2) is 0 Å². The van der Waals surface area contributed by atoms with Crippen molar-refractivity contribution < 1.29 is 4.79 Å². The normalized spacial score (nSPS) is 15.3. The van der Waals surface area contributed by atoms with Crippen molar-refractivity contribution in [2.75, 3.05) is 18.0 Å². The zero-order valence-electron chi connectivity index (χ0n) is 16.2. The summed E-state index contributed by atoms with van der Waals surface area (Å²) in [5, 5.41) is 3.14. The highest BCUT2D eigenvalue weighted by Crippen LogP contribution is 2.24. The van der Waals surface area contributed by atoms with Crippen LogP contribution in [0.2, 0.25) is 0 Å². The summed E-state index contributed by atoms with van der Waals surface area (Å²) in [5.41, 5.74) is 5.68. The molecule has 1 saturated heterocycles. The fourth-order valence-electron chi connectivity index (χ4n) is 3.89. The van der Waals surface area contributed by atoms with Crippen LogP contribution in [0.25, 0.3) is 5.65 Å². The molecule has 0 radical (unpaired) electrons. The molecule has 0 spiro atoms. The SMILES string of the molecule is Cc1cc(C)n2ccc(C(=O)NC(C)c3cccc(N4CCCC4)c3)c2n1. The largest absolute Gasteiger partial charge is 0.372 e. The maximum atomic E-state index is 12.9. The van der Waals surface area contributed by atoms with E-state index in [4.69, 9.17) is 0 Å². The van der Waals surface area contributed by atoms with Gasteiger partial charge in [0, 0.05) is 36.4 Å². The number of fused-ring (bicyclic) bond motifs is 1. The van der Waals surface area contributed by atoms with Crippen LogP contribution in [0.15, 0.2) is 42.6 Å². The minimum atomic E-state index is -0.0888. The molecule has 0 saturated carbocycles. The molecule has 4 rings (SSSR count). The number of rotatable bonds is 4. The first-order valence-electron chi connectivity index (χ1n) is 9.64. The molecule has 2 aromatic heterocycles. The van der Waals surface area contributed by atoms with Crippen LogP contribution < -0.4 is 10.2 Å². The summed E-state index contributed by atoms with van der Waals surface area (Å²) in [6, 6.07) is 12.3. The Balaban J connectivity index is 1.55. The van der Waals surface area contributed by atoms with E-state index < -0.39 is 0 Å². The van der Waals surface area contributed by atoms with Gasteiger partial charge in [0.1, 0.15) is 5.65 Å². The maximum Gasteiger partial charge on any atom is 0.255 e. The number of benzene rings is 1. The van der Waals surface area contributed by atoms with E-state index in [2.05, 4.69) is 39.5 Å². The Morgan fingerprint density at radius 2 is 1.93 bits per heavy atom. The maximum absolute atomic E-state index is 12.9. The molecule has 1 aromatic carbocycles. The summed E-state index contributed by atoms with van der Waals surface area (Å²) >= 11 is 0. The van der Waals surface area contributed by atoms with Gasteiger partial charge in [-0.05, 0) is 63.4 Å².